The molecule has 2 aromatic carbocycles. The summed E-state index contributed by atoms with van der Waals surface area (Å²) >= 11 is 0. The van der Waals surface area contributed by atoms with Gasteiger partial charge >= 0.3 is 0 Å². The van der Waals surface area contributed by atoms with Crippen LogP contribution >= 0.6 is 0 Å². The quantitative estimate of drug-likeness (QED) is 0.791. The largest absolute Gasteiger partial charge is 0.497 e. The van der Waals surface area contributed by atoms with E-state index in [1.807, 2.05) is 18.2 Å². The lowest BCUT2D eigenvalue weighted by Gasteiger charge is -2.35. The van der Waals surface area contributed by atoms with Crippen molar-refractivity contribution in [2.45, 2.75) is 32.0 Å². The molecule has 0 N–H and O–H groups in total. The average Bonchev–Trinajstić information content (AvgIpc) is 2.54. The first-order chi connectivity index (χ1) is 10.6. The Balaban J connectivity index is 1.91. The number of methoxy groups -OCH3 is 1. The fourth-order valence-corrected chi connectivity index (χ4v) is 2.98. The molecule has 1 aliphatic rings. The number of benzene rings is 2. The van der Waals surface area contributed by atoms with E-state index in [9.17, 15) is 0 Å². The molecule has 1 unspecified atom stereocenters. The van der Waals surface area contributed by atoms with E-state index < -0.39 is 0 Å². The molecule has 2 heteroatoms. The molecule has 0 saturated carbocycles. The molecular weight excluding hydrogens is 272 g/mol. The van der Waals surface area contributed by atoms with Gasteiger partial charge in [-0.3, -0.25) is 0 Å². The van der Waals surface area contributed by atoms with Gasteiger partial charge in [0.15, 0.2) is 0 Å². The minimum Gasteiger partial charge on any atom is -0.497 e. The SMILES string of the molecule is COc1ccc(C2=CC(C)(C)OC(c3ccccc3)C2)cc1. The van der Waals surface area contributed by atoms with Gasteiger partial charge in [-0.05, 0) is 48.8 Å². The van der Waals surface area contributed by atoms with E-state index in [0.717, 1.165) is 12.2 Å². The monoisotopic (exact) mass is 294 g/mol. The van der Waals surface area contributed by atoms with Crippen LogP contribution in [0.2, 0.25) is 0 Å². The Bertz CT molecular complexity index is 654. The van der Waals surface area contributed by atoms with Crippen LogP contribution in [0.1, 0.15) is 37.5 Å². The molecule has 2 aromatic rings. The molecule has 0 amide bonds. The molecular formula is C20H22O2. The lowest BCUT2D eigenvalue weighted by Crippen LogP contribution is -2.28. The van der Waals surface area contributed by atoms with Crippen molar-refractivity contribution in [2.24, 2.45) is 0 Å². The molecule has 0 saturated heterocycles. The van der Waals surface area contributed by atoms with Gasteiger partial charge in [0.1, 0.15) is 5.75 Å². The number of ether oxygens (including phenoxy) is 2. The van der Waals surface area contributed by atoms with Gasteiger partial charge in [0.2, 0.25) is 0 Å². The Morgan fingerprint density at radius 2 is 1.68 bits per heavy atom. The summed E-state index contributed by atoms with van der Waals surface area (Å²) in [6.45, 7) is 4.23. The topological polar surface area (TPSA) is 18.5 Å². The third kappa shape index (κ3) is 3.23. The van der Waals surface area contributed by atoms with Crippen LogP contribution in [0, 0.1) is 0 Å². The molecule has 0 aromatic heterocycles. The van der Waals surface area contributed by atoms with Crippen LogP contribution in [-0.2, 0) is 4.74 Å². The van der Waals surface area contributed by atoms with Gasteiger partial charge in [0.25, 0.3) is 0 Å². The molecule has 1 aliphatic heterocycles. The zero-order valence-corrected chi connectivity index (χ0v) is 13.4. The van der Waals surface area contributed by atoms with E-state index in [1.165, 1.54) is 16.7 Å². The normalized spacial score (nSPS) is 20.3. The second-order valence-corrected chi connectivity index (χ2v) is 6.22. The first-order valence-electron chi connectivity index (χ1n) is 7.66. The Kier molecular flexibility index (Phi) is 4.04. The van der Waals surface area contributed by atoms with Gasteiger partial charge in [-0.15, -0.1) is 0 Å². The van der Waals surface area contributed by atoms with Crippen molar-refractivity contribution in [2.75, 3.05) is 7.11 Å². The van der Waals surface area contributed by atoms with Gasteiger partial charge in [-0.1, -0.05) is 42.5 Å². The maximum absolute atomic E-state index is 6.26. The van der Waals surface area contributed by atoms with Gasteiger partial charge in [0.05, 0.1) is 18.8 Å². The van der Waals surface area contributed by atoms with Crippen molar-refractivity contribution in [1.29, 1.82) is 0 Å². The maximum Gasteiger partial charge on any atom is 0.118 e. The highest BCUT2D eigenvalue weighted by Gasteiger charge is 2.29. The van der Waals surface area contributed by atoms with Crippen molar-refractivity contribution >= 4 is 5.57 Å². The Labute approximate surface area is 132 Å². The minimum absolute atomic E-state index is 0.0956. The Morgan fingerprint density at radius 3 is 2.32 bits per heavy atom. The third-order valence-corrected chi connectivity index (χ3v) is 4.01. The molecule has 0 radical (unpaired) electrons. The van der Waals surface area contributed by atoms with Crippen LogP contribution in [-0.4, -0.2) is 12.7 Å². The summed E-state index contributed by atoms with van der Waals surface area (Å²) in [6.07, 6.45) is 3.21. The lowest BCUT2D eigenvalue weighted by atomic mass is 9.89. The molecule has 0 spiro atoms. The molecule has 0 bridgehead atoms. The summed E-state index contributed by atoms with van der Waals surface area (Å²) in [4.78, 5) is 0. The predicted octanol–water partition coefficient (Wildman–Crippen LogP) is 5.02. The highest BCUT2D eigenvalue weighted by molar-refractivity contribution is 5.68. The Morgan fingerprint density at radius 1 is 1.00 bits per heavy atom. The molecule has 1 atom stereocenters. The number of hydrogen-bond donors (Lipinski definition) is 0. The van der Waals surface area contributed by atoms with Gasteiger partial charge in [0, 0.05) is 6.42 Å². The van der Waals surface area contributed by atoms with E-state index in [1.54, 1.807) is 7.11 Å². The highest BCUT2D eigenvalue weighted by Crippen LogP contribution is 2.40. The number of hydrogen-bond acceptors (Lipinski definition) is 2. The lowest BCUT2D eigenvalue weighted by molar-refractivity contribution is -0.0476. The summed E-state index contributed by atoms with van der Waals surface area (Å²) in [6, 6.07) is 18.7. The highest BCUT2D eigenvalue weighted by atomic mass is 16.5. The second kappa shape index (κ2) is 5.98. The maximum atomic E-state index is 6.26. The molecule has 3 rings (SSSR count). The molecule has 0 fully saturated rings. The summed E-state index contributed by atoms with van der Waals surface area (Å²) in [5, 5.41) is 0. The predicted molar refractivity (Wildman–Crippen MR) is 89.9 cm³/mol. The van der Waals surface area contributed by atoms with Crippen LogP contribution in [0.5, 0.6) is 5.75 Å². The zero-order chi connectivity index (χ0) is 15.6. The molecule has 2 nitrogen and oxygen atoms in total. The van der Waals surface area contributed by atoms with Crippen LogP contribution in [0.3, 0.4) is 0 Å². The standard InChI is InChI=1S/C20H22O2/c1-20(2)14-17(15-9-11-18(21-3)12-10-15)13-19(22-20)16-7-5-4-6-8-16/h4-12,14,19H,13H2,1-3H3. The van der Waals surface area contributed by atoms with Crippen molar-refractivity contribution in [1.82, 2.24) is 0 Å². The first-order valence-corrected chi connectivity index (χ1v) is 7.66. The minimum atomic E-state index is -0.270. The second-order valence-electron chi connectivity index (χ2n) is 6.22. The van der Waals surface area contributed by atoms with Crippen molar-refractivity contribution < 1.29 is 9.47 Å². The first kappa shape index (κ1) is 14.9. The summed E-state index contributed by atoms with van der Waals surface area (Å²) in [7, 11) is 1.69. The Hall–Kier alpha value is -2.06. The smallest absolute Gasteiger partial charge is 0.118 e. The van der Waals surface area contributed by atoms with Crippen molar-refractivity contribution in [3.63, 3.8) is 0 Å². The summed E-state index contributed by atoms with van der Waals surface area (Å²) in [5.41, 5.74) is 3.52. The molecule has 0 aliphatic carbocycles. The van der Waals surface area contributed by atoms with Gasteiger partial charge < -0.3 is 9.47 Å². The summed E-state index contributed by atoms with van der Waals surface area (Å²) < 4.78 is 11.5. The average molecular weight is 294 g/mol. The van der Waals surface area contributed by atoms with E-state index in [4.69, 9.17) is 9.47 Å². The molecule has 1 heterocycles. The summed E-state index contributed by atoms with van der Waals surface area (Å²) in [5.74, 6) is 0.885. The zero-order valence-electron chi connectivity index (χ0n) is 13.4. The molecule has 22 heavy (non-hydrogen) atoms. The van der Waals surface area contributed by atoms with E-state index in [-0.39, 0.29) is 11.7 Å². The fraction of sp³-hybridized carbons (Fsp3) is 0.300. The van der Waals surface area contributed by atoms with E-state index in [0.29, 0.717) is 0 Å². The van der Waals surface area contributed by atoms with Gasteiger partial charge in [-0.25, -0.2) is 0 Å². The van der Waals surface area contributed by atoms with Crippen LogP contribution < -0.4 is 4.74 Å². The van der Waals surface area contributed by atoms with Crippen molar-refractivity contribution in [3.05, 3.63) is 71.8 Å². The van der Waals surface area contributed by atoms with Gasteiger partial charge in [-0.2, -0.15) is 0 Å². The van der Waals surface area contributed by atoms with Crippen LogP contribution in [0.4, 0.5) is 0 Å². The van der Waals surface area contributed by atoms with E-state index >= 15 is 0 Å². The van der Waals surface area contributed by atoms with E-state index in [2.05, 4.69) is 56.3 Å². The number of rotatable bonds is 3. The van der Waals surface area contributed by atoms with Crippen LogP contribution in [0.25, 0.3) is 5.57 Å². The van der Waals surface area contributed by atoms with Crippen molar-refractivity contribution in [3.8, 4) is 5.75 Å². The fourth-order valence-electron chi connectivity index (χ4n) is 2.98. The third-order valence-electron chi connectivity index (χ3n) is 4.01. The molecule has 114 valence electrons. The van der Waals surface area contributed by atoms with Crippen LogP contribution in [0.15, 0.2) is 60.7 Å².